The highest BCUT2D eigenvalue weighted by Gasteiger charge is 1.99. The molecule has 0 saturated carbocycles. The van der Waals surface area contributed by atoms with Crippen LogP contribution in [-0.2, 0) is 22.6 Å². The third-order valence-corrected chi connectivity index (χ3v) is 3.53. The molecule has 0 unspecified atom stereocenters. The minimum absolute atomic E-state index is 0.284. The molecule has 0 aromatic heterocycles. The van der Waals surface area contributed by atoms with E-state index in [1.807, 2.05) is 0 Å². The van der Waals surface area contributed by atoms with Crippen LogP contribution < -0.4 is 0 Å². The summed E-state index contributed by atoms with van der Waals surface area (Å²) in [4.78, 5) is 11.2. The van der Waals surface area contributed by atoms with Crippen LogP contribution >= 0.6 is 0 Å². The summed E-state index contributed by atoms with van der Waals surface area (Å²) in [6, 6.07) is 8.39. The molecule has 116 valence electrons. The summed E-state index contributed by atoms with van der Waals surface area (Å²) < 4.78 is 5.12. The molecule has 21 heavy (non-hydrogen) atoms. The highest BCUT2D eigenvalue weighted by molar-refractivity contribution is 5.81. The summed E-state index contributed by atoms with van der Waals surface area (Å²) in [5.74, 6) is -0.284. The van der Waals surface area contributed by atoms with Crippen LogP contribution in [0.25, 0.3) is 0 Å². The smallest absolute Gasteiger partial charge is 0.330 e. The lowest BCUT2D eigenvalue weighted by atomic mass is 10.0. The predicted molar refractivity (Wildman–Crippen MR) is 88.1 cm³/mol. The van der Waals surface area contributed by atoms with Crippen molar-refractivity contribution in [1.82, 2.24) is 0 Å². The molecule has 0 saturated heterocycles. The molecule has 0 bridgehead atoms. The quantitative estimate of drug-likeness (QED) is 0.335. The zero-order chi connectivity index (χ0) is 15.3. The number of ether oxygens (including phenoxy) is 1. The van der Waals surface area contributed by atoms with Gasteiger partial charge in [0, 0.05) is 6.08 Å². The maximum Gasteiger partial charge on any atom is 0.330 e. The van der Waals surface area contributed by atoms with Crippen LogP contribution in [0.15, 0.2) is 36.4 Å². The van der Waals surface area contributed by atoms with Crippen LogP contribution in [-0.4, -0.2) is 5.97 Å². The Morgan fingerprint density at radius 2 is 1.62 bits per heavy atom. The lowest BCUT2D eigenvalue weighted by Crippen LogP contribution is -2.00. The molecule has 0 N–H and O–H groups in total. The normalized spacial score (nSPS) is 11.0. The number of benzene rings is 1. The van der Waals surface area contributed by atoms with E-state index < -0.39 is 0 Å². The maximum atomic E-state index is 11.2. The summed E-state index contributed by atoms with van der Waals surface area (Å²) >= 11 is 0. The minimum atomic E-state index is -0.284. The van der Waals surface area contributed by atoms with Gasteiger partial charge in [-0.25, -0.2) is 4.79 Å². The molecule has 0 spiro atoms. The van der Waals surface area contributed by atoms with Crippen molar-refractivity contribution < 1.29 is 9.53 Å². The predicted octanol–water partition coefficient (Wildman–Crippen LogP) is 5.21. The van der Waals surface area contributed by atoms with E-state index in [9.17, 15) is 4.79 Å². The first-order chi connectivity index (χ1) is 10.3. The lowest BCUT2D eigenvalue weighted by Gasteiger charge is -2.05. The Kier molecular flexibility index (Phi) is 9.26. The molecule has 0 amide bonds. The van der Waals surface area contributed by atoms with E-state index in [1.165, 1.54) is 50.2 Å². The number of rotatable bonds is 10. The van der Waals surface area contributed by atoms with Crippen molar-refractivity contribution in [2.75, 3.05) is 0 Å². The largest absolute Gasteiger partial charge is 0.458 e. The molecule has 1 aromatic rings. The van der Waals surface area contributed by atoms with E-state index in [1.54, 1.807) is 13.0 Å². The monoisotopic (exact) mass is 288 g/mol. The molecular weight excluding hydrogens is 260 g/mol. The van der Waals surface area contributed by atoms with Gasteiger partial charge in [-0.1, -0.05) is 69.4 Å². The van der Waals surface area contributed by atoms with Crippen LogP contribution in [0.1, 0.15) is 63.5 Å². The molecule has 1 aromatic carbocycles. The average molecular weight is 288 g/mol. The molecule has 0 aliphatic carbocycles. The van der Waals surface area contributed by atoms with Gasteiger partial charge in [-0.2, -0.15) is 0 Å². The number of carbonyl (C=O) groups is 1. The molecule has 0 atom stereocenters. The van der Waals surface area contributed by atoms with E-state index in [0.717, 1.165) is 12.0 Å². The third kappa shape index (κ3) is 8.34. The van der Waals surface area contributed by atoms with Gasteiger partial charge >= 0.3 is 5.97 Å². The fourth-order valence-corrected chi connectivity index (χ4v) is 2.25. The summed E-state index contributed by atoms with van der Waals surface area (Å²) in [5, 5.41) is 0. The van der Waals surface area contributed by atoms with E-state index in [2.05, 4.69) is 31.2 Å². The van der Waals surface area contributed by atoms with Crippen LogP contribution in [0.5, 0.6) is 0 Å². The summed E-state index contributed by atoms with van der Waals surface area (Å²) in [5.41, 5.74) is 2.41. The van der Waals surface area contributed by atoms with Crippen LogP contribution in [0.2, 0.25) is 0 Å². The summed E-state index contributed by atoms with van der Waals surface area (Å²) in [7, 11) is 0. The molecule has 0 aliphatic heterocycles. The van der Waals surface area contributed by atoms with Gasteiger partial charge in [-0.15, -0.1) is 0 Å². The molecule has 0 radical (unpaired) electrons. The first kappa shape index (κ1) is 17.5. The standard InChI is InChI=1S/C19H28O2/c1-3-5-6-7-8-9-11-17-12-14-18(15-13-17)16-21-19(20)10-4-2/h4,10,12-15H,3,5-9,11,16H2,1-2H3. The number of allylic oxidation sites excluding steroid dienone is 1. The van der Waals surface area contributed by atoms with Crippen molar-refractivity contribution in [3.8, 4) is 0 Å². The lowest BCUT2D eigenvalue weighted by molar-refractivity contribution is -0.139. The second kappa shape index (κ2) is 11.1. The number of hydrogen-bond donors (Lipinski definition) is 0. The van der Waals surface area contributed by atoms with E-state index >= 15 is 0 Å². The van der Waals surface area contributed by atoms with Gasteiger partial charge in [0.2, 0.25) is 0 Å². The molecule has 0 fully saturated rings. The fraction of sp³-hybridized carbons (Fsp3) is 0.526. The van der Waals surface area contributed by atoms with Crippen molar-refractivity contribution in [3.05, 3.63) is 47.5 Å². The Bertz CT molecular complexity index is 418. The number of aryl methyl sites for hydroxylation is 1. The van der Waals surface area contributed by atoms with Crippen LogP contribution in [0.4, 0.5) is 0 Å². The number of esters is 1. The zero-order valence-corrected chi connectivity index (χ0v) is 13.4. The van der Waals surface area contributed by atoms with Crippen LogP contribution in [0, 0.1) is 0 Å². The minimum Gasteiger partial charge on any atom is -0.458 e. The highest BCUT2D eigenvalue weighted by Crippen LogP contribution is 2.11. The van der Waals surface area contributed by atoms with Gasteiger partial charge in [0.1, 0.15) is 6.61 Å². The van der Waals surface area contributed by atoms with Gasteiger partial charge < -0.3 is 4.74 Å². The van der Waals surface area contributed by atoms with Crippen molar-refractivity contribution in [3.63, 3.8) is 0 Å². The molecule has 1 rings (SSSR count). The number of carbonyl (C=O) groups excluding carboxylic acids is 1. The Morgan fingerprint density at radius 3 is 2.29 bits per heavy atom. The van der Waals surface area contributed by atoms with Crippen molar-refractivity contribution in [2.45, 2.75) is 65.4 Å². The molecule has 2 heteroatoms. The molecule has 0 heterocycles. The van der Waals surface area contributed by atoms with Gasteiger partial charge in [0.25, 0.3) is 0 Å². The third-order valence-electron chi connectivity index (χ3n) is 3.53. The van der Waals surface area contributed by atoms with Crippen molar-refractivity contribution in [1.29, 1.82) is 0 Å². The fourth-order valence-electron chi connectivity index (χ4n) is 2.25. The van der Waals surface area contributed by atoms with Gasteiger partial charge in [-0.3, -0.25) is 0 Å². The molecule has 2 nitrogen and oxygen atoms in total. The Morgan fingerprint density at radius 1 is 1.00 bits per heavy atom. The second-order valence-electron chi connectivity index (χ2n) is 5.44. The Balaban J connectivity index is 2.22. The van der Waals surface area contributed by atoms with Crippen LogP contribution in [0.3, 0.4) is 0 Å². The molecule has 0 aliphatic rings. The SMILES string of the molecule is CC=CC(=O)OCc1ccc(CCCCCCCC)cc1. The number of unbranched alkanes of at least 4 members (excludes halogenated alkanes) is 5. The topological polar surface area (TPSA) is 26.3 Å². The average Bonchev–Trinajstić information content (AvgIpc) is 2.50. The first-order valence-corrected chi connectivity index (χ1v) is 8.13. The van der Waals surface area contributed by atoms with Crippen molar-refractivity contribution >= 4 is 5.97 Å². The summed E-state index contributed by atoms with van der Waals surface area (Å²) in [6.45, 7) is 4.40. The zero-order valence-electron chi connectivity index (χ0n) is 13.4. The van der Waals surface area contributed by atoms with Gasteiger partial charge in [0.05, 0.1) is 0 Å². The van der Waals surface area contributed by atoms with E-state index in [-0.39, 0.29) is 5.97 Å². The Labute approximate surface area is 129 Å². The first-order valence-electron chi connectivity index (χ1n) is 8.13. The van der Waals surface area contributed by atoms with E-state index in [0.29, 0.717) is 6.61 Å². The molecular formula is C19H28O2. The van der Waals surface area contributed by atoms with Gasteiger partial charge in [-0.05, 0) is 30.9 Å². The highest BCUT2D eigenvalue weighted by atomic mass is 16.5. The second-order valence-corrected chi connectivity index (χ2v) is 5.44. The maximum absolute atomic E-state index is 11.2. The summed E-state index contributed by atoms with van der Waals surface area (Å²) in [6.07, 6.45) is 12.2. The van der Waals surface area contributed by atoms with E-state index in [4.69, 9.17) is 4.74 Å². The van der Waals surface area contributed by atoms with Gasteiger partial charge in [0.15, 0.2) is 0 Å². The number of hydrogen-bond acceptors (Lipinski definition) is 2. The van der Waals surface area contributed by atoms with Crippen molar-refractivity contribution in [2.24, 2.45) is 0 Å². The Hall–Kier alpha value is -1.57.